The minimum absolute atomic E-state index is 0.0606. The Balaban J connectivity index is 1.68. The van der Waals surface area contributed by atoms with Crippen molar-refractivity contribution in [2.45, 2.75) is 130 Å². The molecule has 0 amide bonds. The first-order valence-electron chi connectivity index (χ1n) is 14.6. The molecule has 3 rings (SSSR count). The summed E-state index contributed by atoms with van der Waals surface area (Å²) in [6.07, 6.45) is 19.1. The van der Waals surface area contributed by atoms with E-state index in [9.17, 15) is 10.2 Å². The van der Waals surface area contributed by atoms with Crippen LogP contribution >= 0.6 is 0 Å². The highest BCUT2D eigenvalue weighted by molar-refractivity contribution is 5.39. The Morgan fingerprint density at radius 2 is 1.82 bits per heavy atom. The monoisotopic (exact) mass is 470 g/mol. The summed E-state index contributed by atoms with van der Waals surface area (Å²) >= 11 is 0. The number of unbranched alkanes of at least 4 members (excludes halogenated alkanes) is 2. The van der Waals surface area contributed by atoms with Gasteiger partial charge in [0.1, 0.15) is 0 Å². The van der Waals surface area contributed by atoms with E-state index in [1.165, 1.54) is 51.4 Å². The predicted molar refractivity (Wildman–Crippen MR) is 146 cm³/mol. The zero-order valence-corrected chi connectivity index (χ0v) is 23.0. The maximum absolute atomic E-state index is 10.9. The fraction of sp³-hybridized carbons (Fsp3) is 0.812. The molecular formula is C32H54O2. The Bertz CT molecular complexity index is 731. The lowest BCUT2D eigenvalue weighted by Gasteiger charge is -2.44. The molecule has 2 nitrogen and oxygen atoms in total. The van der Waals surface area contributed by atoms with E-state index in [-0.39, 0.29) is 5.92 Å². The van der Waals surface area contributed by atoms with E-state index in [1.807, 2.05) is 0 Å². The van der Waals surface area contributed by atoms with Crippen molar-refractivity contribution in [3.05, 3.63) is 35.5 Å². The summed E-state index contributed by atoms with van der Waals surface area (Å²) < 4.78 is 0. The summed E-state index contributed by atoms with van der Waals surface area (Å²) in [5.74, 6) is 3.12. The highest BCUT2D eigenvalue weighted by Crippen LogP contribution is 2.60. The van der Waals surface area contributed by atoms with Gasteiger partial charge in [0.05, 0.1) is 12.2 Å². The van der Waals surface area contributed by atoms with E-state index >= 15 is 0 Å². The van der Waals surface area contributed by atoms with Gasteiger partial charge < -0.3 is 10.2 Å². The number of allylic oxidation sites excluding steroid dienone is 3. The summed E-state index contributed by atoms with van der Waals surface area (Å²) in [4.78, 5) is 0. The number of hydrogen-bond donors (Lipinski definition) is 2. The quantitative estimate of drug-likeness (QED) is 0.315. The molecule has 3 fully saturated rings. The molecule has 0 aliphatic heterocycles. The zero-order chi connectivity index (χ0) is 24.9. The third kappa shape index (κ3) is 6.28. The predicted octanol–water partition coefficient (Wildman–Crippen LogP) is 8.40. The lowest BCUT2D eigenvalue weighted by Crippen LogP contribution is -2.38. The van der Waals surface area contributed by atoms with Crippen molar-refractivity contribution < 1.29 is 10.2 Å². The van der Waals surface area contributed by atoms with E-state index in [2.05, 4.69) is 53.3 Å². The molecule has 3 saturated carbocycles. The highest BCUT2D eigenvalue weighted by atomic mass is 16.3. The van der Waals surface area contributed by atoms with Crippen molar-refractivity contribution in [2.75, 3.05) is 0 Å². The number of aliphatic hydroxyl groups is 2. The van der Waals surface area contributed by atoms with E-state index in [4.69, 9.17) is 0 Å². The molecule has 2 N–H and O–H groups in total. The van der Waals surface area contributed by atoms with Crippen LogP contribution in [-0.4, -0.2) is 22.4 Å². The van der Waals surface area contributed by atoms with Crippen LogP contribution in [-0.2, 0) is 0 Å². The van der Waals surface area contributed by atoms with Crippen molar-refractivity contribution in [1.29, 1.82) is 0 Å². The molecule has 0 spiro atoms. The molecule has 0 bridgehead atoms. The molecule has 194 valence electrons. The topological polar surface area (TPSA) is 40.5 Å². The average Bonchev–Trinajstić information content (AvgIpc) is 3.15. The first-order valence-corrected chi connectivity index (χ1v) is 14.6. The third-order valence-corrected chi connectivity index (χ3v) is 9.90. The van der Waals surface area contributed by atoms with Gasteiger partial charge in [0.15, 0.2) is 0 Å². The average molecular weight is 471 g/mol. The van der Waals surface area contributed by atoms with E-state index < -0.39 is 12.2 Å². The van der Waals surface area contributed by atoms with Gasteiger partial charge in [-0.05, 0) is 85.2 Å². The Morgan fingerprint density at radius 1 is 1.06 bits per heavy atom. The smallest absolute Gasteiger partial charge is 0.0839 e. The van der Waals surface area contributed by atoms with Crippen LogP contribution in [0.1, 0.15) is 118 Å². The van der Waals surface area contributed by atoms with Gasteiger partial charge in [0.2, 0.25) is 0 Å². The number of rotatable bonds is 10. The number of hydrogen-bond acceptors (Lipinski definition) is 2. The largest absolute Gasteiger partial charge is 0.392 e. The first-order chi connectivity index (χ1) is 16.2. The second kappa shape index (κ2) is 12.4. The molecule has 0 aromatic heterocycles. The Hall–Kier alpha value is -0.860. The Labute approximate surface area is 211 Å². The van der Waals surface area contributed by atoms with E-state index in [0.717, 1.165) is 54.6 Å². The van der Waals surface area contributed by atoms with Gasteiger partial charge in [-0.3, -0.25) is 0 Å². The second-order valence-electron chi connectivity index (χ2n) is 12.7. The van der Waals surface area contributed by atoms with Gasteiger partial charge in [-0.15, -0.1) is 0 Å². The second-order valence-corrected chi connectivity index (χ2v) is 12.7. The summed E-state index contributed by atoms with van der Waals surface area (Å²) in [6, 6.07) is 0. The van der Waals surface area contributed by atoms with Crippen LogP contribution in [0.15, 0.2) is 35.5 Å². The molecule has 0 unspecified atom stereocenters. The summed E-state index contributed by atoms with van der Waals surface area (Å²) in [6.45, 7) is 16.2. The molecule has 3 aliphatic carbocycles. The summed E-state index contributed by atoms with van der Waals surface area (Å²) in [5, 5.41) is 21.7. The molecule has 3 aliphatic rings. The normalized spacial score (nSPS) is 37.5. The third-order valence-electron chi connectivity index (χ3n) is 9.90. The van der Waals surface area contributed by atoms with Crippen LogP contribution in [0, 0.1) is 35.0 Å². The summed E-state index contributed by atoms with van der Waals surface area (Å²) in [5.41, 5.74) is 3.95. The molecule has 0 aromatic rings. The van der Waals surface area contributed by atoms with Gasteiger partial charge in [-0.1, -0.05) is 97.4 Å². The molecule has 7 atom stereocenters. The highest BCUT2D eigenvalue weighted by Gasteiger charge is 2.50. The number of fused-ring (bicyclic) bond motifs is 1. The Morgan fingerprint density at radius 3 is 2.53 bits per heavy atom. The van der Waals surface area contributed by atoms with Crippen molar-refractivity contribution in [3.8, 4) is 0 Å². The Kier molecular flexibility index (Phi) is 10.1. The van der Waals surface area contributed by atoms with Gasteiger partial charge in [-0.2, -0.15) is 0 Å². The van der Waals surface area contributed by atoms with Crippen LogP contribution in [0.4, 0.5) is 0 Å². The van der Waals surface area contributed by atoms with Gasteiger partial charge in [0.25, 0.3) is 0 Å². The summed E-state index contributed by atoms with van der Waals surface area (Å²) in [7, 11) is 0. The molecule has 0 heterocycles. The zero-order valence-electron chi connectivity index (χ0n) is 23.0. The van der Waals surface area contributed by atoms with Crippen molar-refractivity contribution in [2.24, 2.45) is 35.0 Å². The van der Waals surface area contributed by atoms with Crippen LogP contribution in [0.3, 0.4) is 0 Å². The maximum atomic E-state index is 10.9. The van der Waals surface area contributed by atoms with Crippen LogP contribution in [0.25, 0.3) is 0 Å². The molecule has 34 heavy (non-hydrogen) atoms. The minimum Gasteiger partial charge on any atom is -0.392 e. The van der Waals surface area contributed by atoms with Gasteiger partial charge >= 0.3 is 0 Å². The minimum atomic E-state index is -0.607. The standard InChI is InChI=1S/C32H54O2/c1-7-8-9-15-27-30(33)21-26(24(5)31(27)34)17-16-25-14-11-20-32(6)28(18-19-29(25)32)23(4)13-10-12-22(2)3/h16-17,22-23,27-31,33-34H,5,7-15,18-21H2,1-4,6H3/b25-16+,26-17-/t23-,27-,28-,29+,30-,31-,32-/m1/s1. The van der Waals surface area contributed by atoms with Gasteiger partial charge in [-0.25, -0.2) is 0 Å². The number of aliphatic hydroxyl groups excluding tert-OH is 2. The van der Waals surface area contributed by atoms with Crippen LogP contribution < -0.4 is 0 Å². The van der Waals surface area contributed by atoms with Gasteiger partial charge in [0, 0.05) is 5.92 Å². The SMILES string of the molecule is C=C1/C(=C\C=C2/CCC[C@]3(C)[C@@H]([C@H](C)CCCC(C)C)CC[C@@H]23)C[C@@H](O)[C@@H](CCCCC)[C@@H]1O. The molecule has 0 saturated heterocycles. The molecule has 2 heteroatoms. The van der Waals surface area contributed by atoms with Crippen molar-refractivity contribution in [3.63, 3.8) is 0 Å². The maximum Gasteiger partial charge on any atom is 0.0839 e. The fourth-order valence-corrected chi connectivity index (χ4v) is 7.79. The lowest BCUT2D eigenvalue weighted by molar-refractivity contribution is 0.0129. The lowest BCUT2D eigenvalue weighted by atomic mass is 9.60. The first kappa shape index (κ1) is 27.7. The molecule has 0 aromatic carbocycles. The van der Waals surface area contributed by atoms with Crippen molar-refractivity contribution >= 4 is 0 Å². The fourth-order valence-electron chi connectivity index (χ4n) is 7.79. The van der Waals surface area contributed by atoms with Crippen LogP contribution in [0.2, 0.25) is 0 Å². The molecular weight excluding hydrogens is 416 g/mol. The van der Waals surface area contributed by atoms with Crippen molar-refractivity contribution in [1.82, 2.24) is 0 Å². The molecule has 0 radical (unpaired) electrons. The van der Waals surface area contributed by atoms with E-state index in [0.29, 0.717) is 17.8 Å². The van der Waals surface area contributed by atoms with Crippen LogP contribution in [0.5, 0.6) is 0 Å². The van der Waals surface area contributed by atoms with E-state index in [1.54, 1.807) is 5.57 Å².